The Balaban J connectivity index is 3.00. The van der Waals surface area contributed by atoms with Crippen molar-refractivity contribution in [3.05, 3.63) is 0 Å². The van der Waals surface area contributed by atoms with Crippen LogP contribution < -0.4 is 0 Å². The molecule has 212 valence electrons. The highest BCUT2D eigenvalue weighted by Crippen LogP contribution is 2.12. The van der Waals surface area contributed by atoms with Gasteiger partial charge in [0.15, 0.2) is 0 Å². The number of unbranched alkanes of at least 4 members (excludes halogenated alkanes) is 13. The van der Waals surface area contributed by atoms with Gasteiger partial charge in [-0.05, 0) is 6.42 Å². The third-order valence-corrected chi connectivity index (χ3v) is 5.88. The lowest BCUT2D eigenvalue weighted by molar-refractivity contribution is -0.0162. The molecule has 0 bridgehead atoms. The Morgan fingerprint density at radius 3 is 0.886 bits per heavy atom. The minimum atomic E-state index is 0.515. The fourth-order valence-electron chi connectivity index (χ4n) is 3.65. The number of ether oxygens (including phenoxy) is 6. The average molecular weight is 525 g/mol. The third kappa shape index (κ3) is 34.0. The van der Waals surface area contributed by atoms with Crippen molar-refractivity contribution in [2.75, 3.05) is 85.2 Å². The molecule has 6 nitrogen and oxygen atoms in total. The zero-order valence-electron chi connectivity index (χ0n) is 22.9. The summed E-state index contributed by atoms with van der Waals surface area (Å²) in [7, 11) is 0. The smallest absolute Gasteiger partial charge is 0.0701 e. The summed E-state index contributed by atoms with van der Waals surface area (Å²) >= 11 is 5.51. The summed E-state index contributed by atoms with van der Waals surface area (Å²) in [4.78, 5) is 0. The number of halogens is 1. The van der Waals surface area contributed by atoms with Crippen molar-refractivity contribution < 1.29 is 28.4 Å². The van der Waals surface area contributed by atoms with E-state index in [4.69, 9.17) is 40.0 Å². The molecule has 0 radical (unpaired) electrons. The van der Waals surface area contributed by atoms with E-state index in [1.807, 2.05) is 0 Å². The fourth-order valence-corrected chi connectivity index (χ4v) is 3.76. The second-order valence-corrected chi connectivity index (χ2v) is 9.34. The fraction of sp³-hybridized carbons (Fsp3) is 1.00. The van der Waals surface area contributed by atoms with E-state index in [1.54, 1.807) is 0 Å². The van der Waals surface area contributed by atoms with E-state index in [-0.39, 0.29) is 0 Å². The predicted molar refractivity (Wildman–Crippen MR) is 146 cm³/mol. The van der Waals surface area contributed by atoms with E-state index >= 15 is 0 Å². The molecule has 0 aliphatic carbocycles. The number of hydrogen-bond donors (Lipinski definition) is 0. The zero-order valence-corrected chi connectivity index (χ0v) is 23.7. The topological polar surface area (TPSA) is 55.4 Å². The van der Waals surface area contributed by atoms with E-state index < -0.39 is 0 Å². The highest BCUT2D eigenvalue weighted by molar-refractivity contribution is 6.17. The largest absolute Gasteiger partial charge is 0.379 e. The van der Waals surface area contributed by atoms with Crippen LogP contribution in [0, 0.1) is 0 Å². The van der Waals surface area contributed by atoms with Crippen LogP contribution in [0.25, 0.3) is 0 Å². The van der Waals surface area contributed by atoms with Crippen LogP contribution in [-0.4, -0.2) is 85.2 Å². The Kier molecular flexibility index (Phi) is 34.1. The summed E-state index contributed by atoms with van der Waals surface area (Å²) in [5, 5.41) is 0. The molecule has 0 rings (SSSR count). The van der Waals surface area contributed by atoms with Crippen molar-refractivity contribution in [2.45, 2.75) is 96.8 Å². The molecule has 0 fully saturated rings. The van der Waals surface area contributed by atoms with Crippen LogP contribution in [0.2, 0.25) is 0 Å². The Bertz CT molecular complexity index is 330. The average Bonchev–Trinajstić information content (AvgIpc) is 2.87. The van der Waals surface area contributed by atoms with Crippen molar-refractivity contribution in [2.24, 2.45) is 0 Å². The molecule has 0 heterocycles. The molecule has 0 aliphatic rings. The molecule has 0 amide bonds. The van der Waals surface area contributed by atoms with Crippen molar-refractivity contribution in [1.82, 2.24) is 0 Å². The van der Waals surface area contributed by atoms with E-state index in [2.05, 4.69) is 6.92 Å². The summed E-state index contributed by atoms with van der Waals surface area (Å²) in [6, 6.07) is 0. The van der Waals surface area contributed by atoms with E-state index in [9.17, 15) is 0 Å². The van der Waals surface area contributed by atoms with Crippen molar-refractivity contribution in [1.29, 1.82) is 0 Å². The SMILES string of the molecule is CCCCCCCCCCCCCCCCOCCOCCOCCOCCOCCOCCCl. The first-order valence-corrected chi connectivity index (χ1v) is 15.0. The normalized spacial score (nSPS) is 11.5. The summed E-state index contributed by atoms with van der Waals surface area (Å²) in [5.41, 5.74) is 0. The van der Waals surface area contributed by atoms with E-state index in [1.165, 1.54) is 83.5 Å². The molecular weight excluding hydrogens is 468 g/mol. The van der Waals surface area contributed by atoms with Crippen LogP contribution >= 0.6 is 11.6 Å². The second-order valence-electron chi connectivity index (χ2n) is 8.96. The first kappa shape index (κ1) is 35.0. The van der Waals surface area contributed by atoms with Gasteiger partial charge in [0, 0.05) is 12.5 Å². The molecule has 0 aromatic heterocycles. The number of hydrogen-bond acceptors (Lipinski definition) is 6. The molecule has 35 heavy (non-hydrogen) atoms. The van der Waals surface area contributed by atoms with Crippen LogP contribution in [0.5, 0.6) is 0 Å². The standard InChI is InChI=1S/C28H57ClO6/c1-2-3-4-5-6-7-8-9-10-11-12-13-14-15-17-30-19-21-32-23-25-34-27-28-35-26-24-33-22-20-31-18-16-29/h2-28H2,1H3. The van der Waals surface area contributed by atoms with Gasteiger partial charge in [0.05, 0.1) is 72.7 Å². The Morgan fingerprint density at radius 2 is 0.571 bits per heavy atom. The maximum atomic E-state index is 5.65. The van der Waals surface area contributed by atoms with Crippen LogP contribution in [0.4, 0.5) is 0 Å². The van der Waals surface area contributed by atoms with Gasteiger partial charge in [-0.3, -0.25) is 0 Å². The van der Waals surface area contributed by atoms with Crippen molar-refractivity contribution in [3.8, 4) is 0 Å². The van der Waals surface area contributed by atoms with E-state index in [0.717, 1.165) is 13.0 Å². The van der Waals surface area contributed by atoms with Crippen molar-refractivity contribution in [3.63, 3.8) is 0 Å². The molecule has 0 spiro atoms. The van der Waals surface area contributed by atoms with Gasteiger partial charge in [0.2, 0.25) is 0 Å². The first-order chi connectivity index (χ1) is 17.4. The second kappa shape index (κ2) is 34.0. The molecule has 0 saturated heterocycles. The highest BCUT2D eigenvalue weighted by Gasteiger charge is 1.96. The predicted octanol–water partition coefficient (Wildman–Crippen LogP) is 6.81. The molecule has 0 saturated carbocycles. The summed E-state index contributed by atoms with van der Waals surface area (Å²) in [5.74, 6) is 0.515. The Labute approximate surface area is 222 Å². The molecule has 0 aliphatic heterocycles. The third-order valence-electron chi connectivity index (χ3n) is 5.72. The lowest BCUT2D eigenvalue weighted by atomic mass is 10.0. The molecule has 0 aromatic rings. The molecular formula is C28H57ClO6. The minimum absolute atomic E-state index is 0.515. The summed E-state index contributed by atoms with van der Waals surface area (Å²) in [6.45, 7) is 9.55. The Morgan fingerprint density at radius 1 is 0.314 bits per heavy atom. The molecule has 7 heteroatoms. The summed E-state index contributed by atoms with van der Waals surface area (Å²) in [6.07, 6.45) is 19.4. The monoisotopic (exact) mass is 524 g/mol. The van der Waals surface area contributed by atoms with Gasteiger partial charge in [-0.15, -0.1) is 11.6 Å². The molecule has 0 atom stereocenters. The number of alkyl halides is 1. The van der Waals surface area contributed by atoms with Gasteiger partial charge in [-0.1, -0.05) is 90.4 Å². The maximum Gasteiger partial charge on any atom is 0.0701 e. The molecule has 0 unspecified atom stereocenters. The lowest BCUT2D eigenvalue weighted by Gasteiger charge is -2.08. The zero-order chi connectivity index (χ0) is 25.3. The van der Waals surface area contributed by atoms with Gasteiger partial charge in [-0.25, -0.2) is 0 Å². The van der Waals surface area contributed by atoms with Gasteiger partial charge >= 0.3 is 0 Å². The first-order valence-electron chi connectivity index (χ1n) is 14.4. The lowest BCUT2D eigenvalue weighted by Crippen LogP contribution is -2.14. The highest BCUT2D eigenvalue weighted by atomic mass is 35.5. The van der Waals surface area contributed by atoms with Crippen molar-refractivity contribution >= 4 is 11.6 Å². The van der Waals surface area contributed by atoms with Crippen LogP contribution in [-0.2, 0) is 28.4 Å². The molecule has 0 aromatic carbocycles. The van der Waals surface area contributed by atoms with Crippen LogP contribution in [0.3, 0.4) is 0 Å². The van der Waals surface area contributed by atoms with Gasteiger partial charge in [-0.2, -0.15) is 0 Å². The quantitative estimate of drug-likeness (QED) is 0.0711. The number of rotatable bonds is 32. The minimum Gasteiger partial charge on any atom is -0.379 e. The Hall–Kier alpha value is 0.0500. The summed E-state index contributed by atoms with van der Waals surface area (Å²) < 4.78 is 32.7. The van der Waals surface area contributed by atoms with Gasteiger partial charge in [0.25, 0.3) is 0 Å². The van der Waals surface area contributed by atoms with Crippen LogP contribution in [0.15, 0.2) is 0 Å². The van der Waals surface area contributed by atoms with Crippen LogP contribution in [0.1, 0.15) is 96.8 Å². The molecule has 0 N–H and O–H groups in total. The van der Waals surface area contributed by atoms with Gasteiger partial charge in [0.1, 0.15) is 0 Å². The maximum absolute atomic E-state index is 5.65. The van der Waals surface area contributed by atoms with Gasteiger partial charge < -0.3 is 28.4 Å². The van der Waals surface area contributed by atoms with E-state index in [0.29, 0.717) is 78.6 Å².